The lowest BCUT2D eigenvalue weighted by Crippen LogP contribution is -2.38. The van der Waals surface area contributed by atoms with Gasteiger partial charge in [0.1, 0.15) is 0 Å². The molecule has 0 amide bonds. The van der Waals surface area contributed by atoms with Gasteiger partial charge in [-0.2, -0.15) is 22.0 Å². The highest BCUT2D eigenvalue weighted by molar-refractivity contribution is 5.35. The van der Waals surface area contributed by atoms with E-state index in [9.17, 15) is 32.1 Å². The Morgan fingerprint density at radius 3 is 2.35 bits per heavy atom. The minimum atomic E-state index is -5.70. The number of nitrogens with zero attached hydrogens (tertiary/aromatic N) is 1. The lowest BCUT2D eigenvalue weighted by Gasteiger charge is -2.24. The molecule has 0 aliphatic carbocycles. The lowest BCUT2D eigenvalue weighted by atomic mass is 10.0. The second kappa shape index (κ2) is 5.70. The summed E-state index contributed by atoms with van der Waals surface area (Å²) in [5.74, 6) is -4.95. The molecule has 0 aliphatic rings. The standard InChI is InChI=1S/C11H10F5NO3/c1-20-9(6-10(12,13)11(14,15)16)7-3-2-4-8(5-7)17(18)19/h2-5,9H,6H2,1H3. The summed E-state index contributed by atoms with van der Waals surface area (Å²) in [4.78, 5) is 9.77. The molecule has 9 heteroatoms. The molecule has 20 heavy (non-hydrogen) atoms. The highest BCUT2D eigenvalue weighted by Crippen LogP contribution is 2.42. The van der Waals surface area contributed by atoms with Crippen LogP contribution in [0.25, 0.3) is 0 Å². The van der Waals surface area contributed by atoms with Gasteiger partial charge in [0, 0.05) is 19.2 Å². The van der Waals surface area contributed by atoms with Gasteiger partial charge in [0.15, 0.2) is 0 Å². The summed E-state index contributed by atoms with van der Waals surface area (Å²) < 4.78 is 67.0. The number of hydrogen-bond acceptors (Lipinski definition) is 3. The first-order chi connectivity index (χ1) is 9.08. The number of ether oxygens (including phenoxy) is 1. The molecule has 0 radical (unpaired) electrons. The molecule has 0 N–H and O–H groups in total. The molecule has 112 valence electrons. The van der Waals surface area contributed by atoms with Crippen LogP contribution in [0.15, 0.2) is 24.3 Å². The van der Waals surface area contributed by atoms with Crippen LogP contribution in [0.1, 0.15) is 18.1 Å². The molecular formula is C11H10F5NO3. The van der Waals surface area contributed by atoms with Gasteiger partial charge in [0.25, 0.3) is 5.69 Å². The van der Waals surface area contributed by atoms with Crippen molar-refractivity contribution in [1.82, 2.24) is 0 Å². The Morgan fingerprint density at radius 1 is 1.30 bits per heavy atom. The summed E-state index contributed by atoms with van der Waals surface area (Å²) in [6.45, 7) is 0. The summed E-state index contributed by atoms with van der Waals surface area (Å²) in [6, 6.07) is 4.37. The fourth-order valence-corrected chi connectivity index (χ4v) is 1.52. The van der Waals surface area contributed by atoms with Gasteiger partial charge >= 0.3 is 12.1 Å². The third-order valence-electron chi connectivity index (χ3n) is 2.59. The van der Waals surface area contributed by atoms with Crippen LogP contribution in [0.3, 0.4) is 0 Å². The van der Waals surface area contributed by atoms with E-state index in [1.807, 2.05) is 0 Å². The first kappa shape index (κ1) is 16.3. The monoisotopic (exact) mass is 299 g/mol. The third-order valence-corrected chi connectivity index (χ3v) is 2.59. The molecule has 0 saturated heterocycles. The van der Waals surface area contributed by atoms with Gasteiger partial charge in [0.2, 0.25) is 0 Å². The van der Waals surface area contributed by atoms with Crippen molar-refractivity contribution in [1.29, 1.82) is 0 Å². The number of nitro groups is 1. The molecule has 1 rings (SSSR count). The van der Waals surface area contributed by atoms with E-state index in [1.165, 1.54) is 12.1 Å². The zero-order valence-electron chi connectivity index (χ0n) is 10.2. The number of halogens is 5. The van der Waals surface area contributed by atoms with Gasteiger partial charge in [0.05, 0.1) is 17.4 Å². The summed E-state index contributed by atoms with van der Waals surface area (Å²) in [5.41, 5.74) is -0.537. The fourth-order valence-electron chi connectivity index (χ4n) is 1.52. The lowest BCUT2D eigenvalue weighted by molar-refractivity contribution is -0.385. The Bertz CT molecular complexity index is 489. The smallest absolute Gasteiger partial charge is 0.377 e. The molecule has 1 atom stereocenters. The number of alkyl halides is 5. The van der Waals surface area contributed by atoms with Crippen molar-refractivity contribution in [3.05, 3.63) is 39.9 Å². The maximum atomic E-state index is 13.0. The number of methoxy groups -OCH3 is 1. The average Bonchev–Trinajstić information content (AvgIpc) is 2.34. The molecule has 0 saturated carbocycles. The minimum absolute atomic E-state index is 0.120. The SMILES string of the molecule is COC(CC(F)(F)C(F)(F)F)c1cccc([N+](=O)[O-])c1. The molecule has 0 fully saturated rings. The van der Waals surface area contributed by atoms with Gasteiger partial charge in [-0.15, -0.1) is 0 Å². The van der Waals surface area contributed by atoms with E-state index >= 15 is 0 Å². The van der Waals surface area contributed by atoms with E-state index < -0.39 is 35.2 Å². The number of benzene rings is 1. The van der Waals surface area contributed by atoms with Crippen LogP contribution in [-0.2, 0) is 4.74 Å². The number of non-ortho nitro benzene ring substituents is 1. The van der Waals surface area contributed by atoms with Gasteiger partial charge in [-0.05, 0) is 5.56 Å². The number of nitro benzene ring substituents is 1. The Balaban J connectivity index is 3.03. The van der Waals surface area contributed by atoms with Crippen LogP contribution in [0, 0.1) is 10.1 Å². The van der Waals surface area contributed by atoms with E-state index in [0.29, 0.717) is 0 Å². The molecule has 4 nitrogen and oxygen atoms in total. The molecule has 0 heterocycles. The molecule has 0 bridgehead atoms. The Morgan fingerprint density at radius 2 is 1.90 bits per heavy atom. The highest BCUT2D eigenvalue weighted by atomic mass is 19.4. The van der Waals surface area contributed by atoms with E-state index in [-0.39, 0.29) is 5.56 Å². The maximum Gasteiger partial charge on any atom is 0.453 e. The molecule has 1 unspecified atom stereocenters. The molecule has 0 aromatic heterocycles. The van der Waals surface area contributed by atoms with E-state index in [0.717, 1.165) is 19.2 Å². The normalized spacial score (nSPS) is 14.1. The highest BCUT2D eigenvalue weighted by Gasteiger charge is 2.58. The van der Waals surface area contributed by atoms with Crippen molar-refractivity contribution in [2.24, 2.45) is 0 Å². The maximum absolute atomic E-state index is 13.0. The molecule has 0 spiro atoms. The Labute approximate surface area is 110 Å². The van der Waals surface area contributed by atoms with E-state index in [4.69, 9.17) is 0 Å². The quantitative estimate of drug-likeness (QED) is 0.471. The van der Waals surface area contributed by atoms with Crippen molar-refractivity contribution in [2.45, 2.75) is 24.6 Å². The third kappa shape index (κ3) is 3.62. The molecular weight excluding hydrogens is 289 g/mol. The van der Waals surface area contributed by atoms with Gasteiger partial charge in [-0.25, -0.2) is 0 Å². The second-order valence-electron chi connectivity index (χ2n) is 3.98. The van der Waals surface area contributed by atoms with E-state index in [2.05, 4.69) is 4.74 Å². The topological polar surface area (TPSA) is 52.4 Å². The van der Waals surface area contributed by atoms with Crippen LogP contribution in [-0.4, -0.2) is 24.1 Å². The van der Waals surface area contributed by atoms with Crippen LogP contribution in [0.4, 0.5) is 27.6 Å². The summed E-state index contributed by atoms with van der Waals surface area (Å²) in [7, 11) is 0.954. The molecule has 0 aliphatic heterocycles. The van der Waals surface area contributed by atoms with Crippen molar-refractivity contribution in [2.75, 3.05) is 7.11 Å². The largest absolute Gasteiger partial charge is 0.453 e. The zero-order valence-corrected chi connectivity index (χ0v) is 10.2. The predicted octanol–water partition coefficient (Wildman–Crippen LogP) is 3.87. The first-order valence-corrected chi connectivity index (χ1v) is 5.30. The van der Waals surface area contributed by atoms with Crippen molar-refractivity contribution in [3.63, 3.8) is 0 Å². The number of hydrogen-bond donors (Lipinski definition) is 0. The number of rotatable bonds is 5. The minimum Gasteiger partial charge on any atom is -0.377 e. The Kier molecular flexibility index (Phi) is 4.64. The van der Waals surface area contributed by atoms with Crippen LogP contribution in [0.5, 0.6) is 0 Å². The van der Waals surface area contributed by atoms with Gasteiger partial charge in [-0.3, -0.25) is 10.1 Å². The van der Waals surface area contributed by atoms with Crippen molar-refractivity contribution < 1.29 is 31.6 Å². The van der Waals surface area contributed by atoms with Crippen LogP contribution in [0.2, 0.25) is 0 Å². The summed E-state index contributed by atoms with van der Waals surface area (Å²) in [6.07, 6.45) is -8.95. The zero-order chi connectivity index (χ0) is 15.6. The van der Waals surface area contributed by atoms with Crippen LogP contribution >= 0.6 is 0 Å². The predicted molar refractivity (Wildman–Crippen MR) is 58.5 cm³/mol. The Hall–Kier alpha value is -1.77. The molecule has 1 aromatic rings. The van der Waals surface area contributed by atoms with Crippen molar-refractivity contribution in [3.8, 4) is 0 Å². The van der Waals surface area contributed by atoms with Gasteiger partial charge < -0.3 is 4.74 Å². The summed E-state index contributed by atoms with van der Waals surface area (Å²) >= 11 is 0. The average molecular weight is 299 g/mol. The summed E-state index contributed by atoms with van der Waals surface area (Å²) in [5, 5.41) is 10.5. The molecule has 1 aromatic carbocycles. The fraction of sp³-hybridized carbons (Fsp3) is 0.455. The first-order valence-electron chi connectivity index (χ1n) is 5.30. The van der Waals surface area contributed by atoms with E-state index in [1.54, 1.807) is 0 Å². The van der Waals surface area contributed by atoms with Crippen molar-refractivity contribution >= 4 is 5.69 Å². The second-order valence-corrected chi connectivity index (χ2v) is 3.98. The van der Waals surface area contributed by atoms with Gasteiger partial charge in [-0.1, -0.05) is 12.1 Å². The van der Waals surface area contributed by atoms with Crippen LogP contribution < -0.4 is 0 Å².